The van der Waals surface area contributed by atoms with Gasteiger partial charge in [0.25, 0.3) is 0 Å². The zero-order valence-electron chi connectivity index (χ0n) is 11.7. The summed E-state index contributed by atoms with van der Waals surface area (Å²) in [4.78, 5) is 0. The highest BCUT2D eigenvalue weighted by Crippen LogP contribution is 2.17. The molecule has 0 aliphatic heterocycles. The minimum Gasteiger partial charge on any atom is -0.491 e. The Labute approximate surface area is 109 Å². The second kappa shape index (κ2) is 7.04. The summed E-state index contributed by atoms with van der Waals surface area (Å²) >= 11 is 0. The summed E-state index contributed by atoms with van der Waals surface area (Å²) < 4.78 is 5.82. The molecule has 0 fully saturated rings. The van der Waals surface area contributed by atoms with Crippen molar-refractivity contribution in [1.29, 1.82) is 0 Å². The van der Waals surface area contributed by atoms with Crippen LogP contribution in [0.25, 0.3) is 0 Å². The molecule has 0 aliphatic rings. The molecule has 0 saturated heterocycles. The van der Waals surface area contributed by atoms with E-state index in [-0.39, 0.29) is 6.10 Å². The minimum absolute atomic E-state index is 0.216. The SMILES string of the molecule is CC/C(=N/O)c1ccc(OC(C)CC(C)C)cc1. The van der Waals surface area contributed by atoms with Crippen LogP contribution in [-0.2, 0) is 0 Å². The molecule has 1 aromatic carbocycles. The predicted molar refractivity (Wildman–Crippen MR) is 74.6 cm³/mol. The third-order valence-corrected chi connectivity index (χ3v) is 2.78. The lowest BCUT2D eigenvalue weighted by Gasteiger charge is -2.16. The molecule has 0 aromatic heterocycles. The summed E-state index contributed by atoms with van der Waals surface area (Å²) in [6.45, 7) is 8.42. The molecule has 1 unspecified atom stereocenters. The molecule has 0 heterocycles. The Kier molecular flexibility index (Phi) is 5.69. The minimum atomic E-state index is 0.216. The van der Waals surface area contributed by atoms with E-state index in [9.17, 15) is 0 Å². The number of rotatable bonds is 6. The van der Waals surface area contributed by atoms with Crippen LogP contribution in [0.3, 0.4) is 0 Å². The van der Waals surface area contributed by atoms with Crippen LogP contribution in [0.5, 0.6) is 5.75 Å². The maximum Gasteiger partial charge on any atom is 0.119 e. The first kappa shape index (κ1) is 14.6. The molecule has 0 bridgehead atoms. The zero-order valence-corrected chi connectivity index (χ0v) is 11.7. The number of hydrogen-bond donors (Lipinski definition) is 1. The topological polar surface area (TPSA) is 41.8 Å². The molecule has 3 nitrogen and oxygen atoms in total. The highest BCUT2D eigenvalue weighted by Gasteiger charge is 2.07. The predicted octanol–water partition coefficient (Wildman–Crippen LogP) is 4.09. The maximum absolute atomic E-state index is 8.85. The van der Waals surface area contributed by atoms with Gasteiger partial charge >= 0.3 is 0 Å². The summed E-state index contributed by atoms with van der Waals surface area (Å²) in [5.41, 5.74) is 1.63. The van der Waals surface area contributed by atoms with Gasteiger partial charge in [0.2, 0.25) is 0 Å². The summed E-state index contributed by atoms with van der Waals surface area (Å²) in [6, 6.07) is 7.70. The highest BCUT2D eigenvalue weighted by molar-refractivity contribution is 6.00. The number of ether oxygens (including phenoxy) is 1. The van der Waals surface area contributed by atoms with Crippen LogP contribution in [0.15, 0.2) is 29.4 Å². The molecule has 1 rings (SSSR count). The summed E-state index contributed by atoms with van der Waals surface area (Å²) in [5, 5.41) is 12.1. The van der Waals surface area contributed by atoms with Crippen LogP contribution in [0, 0.1) is 5.92 Å². The first-order chi connectivity index (χ1) is 8.56. The molecule has 1 N–H and O–H groups in total. The lowest BCUT2D eigenvalue weighted by molar-refractivity contribution is 0.193. The van der Waals surface area contributed by atoms with E-state index < -0.39 is 0 Å². The van der Waals surface area contributed by atoms with Crippen molar-refractivity contribution in [2.24, 2.45) is 11.1 Å². The van der Waals surface area contributed by atoms with Gasteiger partial charge in [-0.15, -0.1) is 0 Å². The fourth-order valence-corrected chi connectivity index (χ4v) is 2.00. The Morgan fingerprint density at radius 3 is 2.28 bits per heavy atom. The van der Waals surface area contributed by atoms with Crippen molar-refractivity contribution < 1.29 is 9.94 Å². The van der Waals surface area contributed by atoms with E-state index in [2.05, 4.69) is 25.9 Å². The van der Waals surface area contributed by atoms with Crippen LogP contribution in [0.2, 0.25) is 0 Å². The van der Waals surface area contributed by atoms with E-state index in [1.54, 1.807) is 0 Å². The van der Waals surface area contributed by atoms with E-state index in [0.29, 0.717) is 18.1 Å². The fourth-order valence-electron chi connectivity index (χ4n) is 2.00. The van der Waals surface area contributed by atoms with E-state index in [4.69, 9.17) is 9.94 Å². The van der Waals surface area contributed by atoms with Gasteiger partial charge in [-0.05, 0) is 55.5 Å². The molecule has 1 atom stereocenters. The van der Waals surface area contributed by atoms with Gasteiger partial charge in [0.15, 0.2) is 0 Å². The van der Waals surface area contributed by atoms with E-state index in [0.717, 1.165) is 17.7 Å². The van der Waals surface area contributed by atoms with Crippen molar-refractivity contribution in [2.75, 3.05) is 0 Å². The Bertz CT molecular complexity index is 382. The largest absolute Gasteiger partial charge is 0.491 e. The lowest BCUT2D eigenvalue weighted by Crippen LogP contribution is -2.14. The third kappa shape index (κ3) is 4.40. The van der Waals surface area contributed by atoms with Crippen molar-refractivity contribution in [3.63, 3.8) is 0 Å². The second-order valence-electron chi connectivity index (χ2n) is 4.98. The third-order valence-electron chi connectivity index (χ3n) is 2.78. The monoisotopic (exact) mass is 249 g/mol. The van der Waals surface area contributed by atoms with Crippen molar-refractivity contribution in [3.05, 3.63) is 29.8 Å². The molecular weight excluding hydrogens is 226 g/mol. The Hall–Kier alpha value is -1.51. The van der Waals surface area contributed by atoms with Gasteiger partial charge < -0.3 is 9.94 Å². The first-order valence-electron chi connectivity index (χ1n) is 6.54. The van der Waals surface area contributed by atoms with Crippen molar-refractivity contribution in [1.82, 2.24) is 0 Å². The van der Waals surface area contributed by atoms with Crippen molar-refractivity contribution >= 4 is 5.71 Å². The summed E-state index contributed by atoms with van der Waals surface area (Å²) in [6.07, 6.45) is 1.97. The molecule has 100 valence electrons. The molecule has 3 heteroatoms. The van der Waals surface area contributed by atoms with Crippen LogP contribution in [-0.4, -0.2) is 17.0 Å². The molecule has 1 aromatic rings. The van der Waals surface area contributed by atoms with Gasteiger partial charge in [0, 0.05) is 0 Å². The number of benzene rings is 1. The molecule has 0 aliphatic carbocycles. The van der Waals surface area contributed by atoms with Gasteiger partial charge in [-0.1, -0.05) is 25.9 Å². The van der Waals surface area contributed by atoms with E-state index in [1.165, 1.54) is 0 Å². The van der Waals surface area contributed by atoms with Gasteiger partial charge in [-0.2, -0.15) is 0 Å². The van der Waals surface area contributed by atoms with Gasteiger partial charge in [0.1, 0.15) is 5.75 Å². The van der Waals surface area contributed by atoms with Gasteiger partial charge in [0.05, 0.1) is 11.8 Å². The van der Waals surface area contributed by atoms with Crippen LogP contribution in [0.4, 0.5) is 0 Å². The van der Waals surface area contributed by atoms with Gasteiger partial charge in [-0.3, -0.25) is 0 Å². The van der Waals surface area contributed by atoms with Gasteiger partial charge in [-0.25, -0.2) is 0 Å². The number of oxime groups is 1. The van der Waals surface area contributed by atoms with Crippen LogP contribution >= 0.6 is 0 Å². The van der Waals surface area contributed by atoms with Crippen LogP contribution in [0.1, 0.15) is 46.1 Å². The average Bonchev–Trinajstić information content (AvgIpc) is 2.31. The fraction of sp³-hybridized carbons (Fsp3) is 0.533. The molecule has 0 saturated carbocycles. The molecular formula is C15H23NO2. The Balaban J connectivity index is 2.66. The molecule has 18 heavy (non-hydrogen) atoms. The summed E-state index contributed by atoms with van der Waals surface area (Å²) in [7, 11) is 0. The second-order valence-corrected chi connectivity index (χ2v) is 4.98. The smallest absolute Gasteiger partial charge is 0.119 e. The van der Waals surface area contributed by atoms with Crippen LogP contribution < -0.4 is 4.74 Å². The highest BCUT2D eigenvalue weighted by atomic mass is 16.5. The normalized spacial score (nSPS) is 13.7. The summed E-state index contributed by atoms with van der Waals surface area (Å²) in [5.74, 6) is 1.49. The van der Waals surface area contributed by atoms with Crippen molar-refractivity contribution in [3.8, 4) is 5.75 Å². The molecule has 0 spiro atoms. The number of nitrogens with zero attached hydrogens (tertiary/aromatic N) is 1. The molecule has 0 amide bonds. The Morgan fingerprint density at radius 1 is 1.22 bits per heavy atom. The Morgan fingerprint density at radius 2 is 1.83 bits per heavy atom. The zero-order chi connectivity index (χ0) is 13.5. The molecule has 0 radical (unpaired) electrons. The van der Waals surface area contributed by atoms with E-state index in [1.807, 2.05) is 31.2 Å². The first-order valence-corrected chi connectivity index (χ1v) is 6.54. The van der Waals surface area contributed by atoms with E-state index >= 15 is 0 Å². The lowest BCUT2D eigenvalue weighted by atomic mass is 10.1. The number of hydrogen-bond acceptors (Lipinski definition) is 3. The standard InChI is InChI=1S/C15H23NO2/c1-5-15(16-17)13-6-8-14(9-7-13)18-12(4)10-11(2)3/h6-9,11-12,17H,5,10H2,1-4H3/b16-15-. The average molecular weight is 249 g/mol. The van der Waals surface area contributed by atoms with Crippen molar-refractivity contribution in [2.45, 2.75) is 46.6 Å². The maximum atomic E-state index is 8.85. The quantitative estimate of drug-likeness (QED) is 0.469.